The number of carbonyl (C=O) groups is 1. The quantitative estimate of drug-likeness (QED) is 0.775. The standard InChI is InChI=1S/C19H26N2O3S2/c1-6-21(7-2)26(23,24)17-10-8-16(9-11-17)14(4)20-19(22)18-12-13(3)25-15(18)5/h8-12,14H,6-7H2,1-5H3,(H,20,22). The van der Waals surface area contributed by atoms with Crippen LogP contribution in [0.15, 0.2) is 35.2 Å². The van der Waals surface area contributed by atoms with Gasteiger partial charge in [-0.05, 0) is 44.5 Å². The van der Waals surface area contributed by atoms with Gasteiger partial charge in [-0.25, -0.2) is 8.42 Å². The lowest BCUT2D eigenvalue weighted by Crippen LogP contribution is -2.30. The van der Waals surface area contributed by atoms with Crippen molar-refractivity contribution in [3.8, 4) is 0 Å². The lowest BCUT2D eigenvalue weighted by molar-refractivity contribution is 0.0939. The smallest absolute Gasteiger partial charge is 0.252 e. The van der Waals surface area contributed by atoms with Gasteiger partial charge in [0.1, 0.15) is 0 Å². The molecular formula is C19H26N2O3S2. The summed E-state index contributed by atoms with van der Waals surface area (Å²) >= 11 is 1.60. The van der Waals surface area contributed by atoms with Crippen molar-refractivity contribution in [2.45, 2.75) is 45.6 Å². The molecule has 0 aliphatic rings. The molecule has 2 rings (SSSR count). The molecule has 1 aromatic heterocycles. The second-order valence-corrected chi connectivity index (χ2v) is 9.58. The first kappa shape index (κ1) is 20.6. The van der Waals surface area contributed by atoms with Crippen molar-refractivity contribution in [1.82, 2.24) is 9.62 Å². The summed E-state index contributed by atoms with van der Waals surface area (Å²) in [4.78, 5) is 14.8. The molecular weight excluding hydrogens is 368 g/mol. The normalized spacial score (nSPS) is 13.0. The first-order chi connectivity index (χ1) is 12.2. The molecule has 0 spiro atoms. The number of aryl methyl sites for hydroxylation is 2. The Bertz CT molecular complexity index is 867. The molecule has 2 aromatic rings. The van der Waals surface area contributed by atoms with Crippen molar-refractivity contribution in [2.24, 2.45) is 0 Å². The third kappa shape index (κ3) is 4.34. The number of rotatable bonds is 7. The second kappa shape index (κ2) is 8.33. The van der Waals surface area contributed by atoms with Gasteiger partial charge in [-0.3, -0.25) is 4.79 Å². The predicted octanol–water partition coefficient (Wildman–Crippen LogP) is 3.89. The number of nitrogens with one attached hydrogen (secondary N) is 1. The molecule has 0 saturated carbocycles. The number of thiophene rings is 1. The molecule has 142 valence electrons. The van der Waals surface area contributed by atoms with Crippen molar-refractivity contribution >= 4 is 27.3 Å². The third-order valence-corrected chi connectivity index (χ3v) is 7.39. The number of nitrogens with zero attached hydrogens (tertiary/aromatic N) is 1. The number of amides is 1. The van der Waals surface area contributed by atoms with Crippen molar-refractivity contribution in [2.75, 3.05) is 13.1 Å². The van der Waals surface area contributed by atoms with Crippen LogP contribution in [-0.2, 0) is 10.0 Å². The molecule has 7 heteroatoms. The number of benzene rings is 1. The average Bonchev–Trinajstić information content (AvgIpc) is 2.94. The highest BCUT2D eigenvalue weighted by Gasteiger charge is 2.22. The van der Waals surface area contributed by atoms with E-state index in [9.17, 15) is 13.2 Å². The van der Waals surface area contributed by atoms with Gasteiger partial charge in [-0.2, -0.15) is 4.31 Å². The molecule has 1 aromatic carbocycles. The van der Waals surface area contributed by atoms with Crippen LogP contribution < -0.4 is 5.32 Å². The van der Waals surface area contributed by atoms with Gasteiger partial charge < -0.3 is 5.32 Å². The Kier molecular flexibility index (Phi) is 6.60. The molecule has 0 saturated heterocycles. The lowest BCUT2D eigenvalue weighted by Gasteiger charge is -2.19. The highest BCUT2D eigenvalue weighted by molar-refractivity contribution is 7.89. The average molecular weight is 395 g/mol. The van der Waals surface area contributed by atoms with Crippen LogP contribution in [0, 0.1) is 13.8 Å². The van der Waals surface area contributed by atoms with E-state index >= 15 is 0 Å². The van der Waals surface area contributed by atoms with Gasteiger partial charge in [-0.15, -0.1) is 11.3 Å². The lowest BCUT2D eigenvalue weighted by atomic mass is 10.1. The molecule has 0 radical (unpaired) electrons. The minimum absolute atomic E-state index is 0.112. The maximum atomic E-state index is 12.5. The summed E-state index contributed by atoms with van der Waals surface area (Å²) in [5, 5.41) is 2.98. The van der Waals surface area contributed by atoms with Crippen LogP contribution in [0.4, 0.5) is 0 Å². The molecule has 1 heterocycles. The van der Waals surface area contributed by atoms with Gasteiger partial charge in [0, 0.05) is 22.8 Å². The number of hydrogen-bond donors (Lipinski definition) is 1. The van der Waals surface area contributed by atoms with Crippen LogP contribution in [0.2, 0.25) is 0 Å². The number of carbonyl (C=O) groups excluding carboxylic acids is 1. The van der Waals surface area contributed by atoms with Gasteiger partial charge in [0.05, 0.1) is 16.5 Å². The molecule has 1 unspecified atom stereocenters. The Morgan fingerprint density at radius 1 is 1.15 bits per heavy atom. The van der Waals surface area contributed by atoms with Crippen LogP contribution in [-0.4, -0.2) is 31.7 Å². The Balaban J connectivity index is 2.15. The summed E-state index contributed by atoms with van der Waals surface area (Å²) in [5.41, 5.74) is 1.56. The van der Waals surface area contributed by atoms with E-state index in [0.29, 0.717) is 18.7 Å². The molecule has 0 aliphatic heterocycles. The summed E-state index contributed by atoms with van der Waals surface area (Å²) in [6.07, 6.45) is 0. The maximum Gasteiger partial charge on any atom is 0.252 e. The monoisotopic (exact) mass is 394 g/mol. The Labute approximate surface area is 160 Å². The van der Waals surface area contributed by atoms with Crippen molar-refractivity contribution in [3.63, 3.8) is 0 Å². The van der Waals surface area contributed by atoms with Crippen molar-refractivity contribution in [1.29, 1.82) is 0 Å². The fourth-order valence-corrected chi connectivity index (χ4v) is 5.23. The van der Waals surface area contributed by atoms with Crippen molar-refractivity contribution in [3.05, 3.63) is 51.2 Å². The van der Waals surface area contributed by atoms with Crippen LogP contribution in [0.5, 0.6) is 0 Å². The summed E-state index contributed by atoms with van der Waals surface area (Å²) in [7, 11) is -3.47. The molecule has 0 aliphatic carbocycles. The van der Waals surface area contributed by atoms with Gasteiger partial charge >= 0.3 is 0 Å². The molecule has 5 nitrogen and oxygen atoms in total. The SMILES string of the molecule is CCN(CC)S(=O)(=O)c1ccc(C(C)NC(=O)c2cc(C)sc2C)cc1. The topological polar surface area (TPSA) is 66.5 Å². The molecule has 0 fully saturated rings. The van der Waals surface area contributed by atoms with Gasteiger partial charge in [-0.1, -0.05) is 26.0 Å². The maximum absolute atomic E-state index is 12.5. The fourth-order valence-electron chi connectivity index (χ4n) is 2.86. The molecule has 0 bridgehead atoms. The van der Waals surface area contributed by atoms with Crippen LogP contribution in [0.1, 0.15) is 52.5 Å². The molecule has 1 atom stereocenters. The third-order valence-electron chi connectivity index (χ3n) is 4.36. The highest BCUT2D eigenvalue weighted by Crippen LogP contribution is 2.23. The van der Waals surface area contributed by atoms with E-state index in [4.69, 9.17) is 0 Å². The number of hydrogen-bond acceptors (Lipinski definition) is 4. The minimum Gasteiger partial charge on any atom is -0.345 e. The summed E-state index contributed by atoms with van der Waals surface area (Å²) < 4.78 is 26.5. The van der Waals surface area contributed by atoms with E-state index in [1.54, 1.807) is 35.6 Å². The summed E-state index contributed by atoms with van der Waals surface area (Å²) in [6, 6.07) is 8.39. The Morgan fingerprint density at radius 3 is 2.19 bits per heavy atom. The molecule has 1 amide bonds. The van der Waals surface area contributed by atoms with Crippen LogP contribution in [0.3, 0.4) is 0 Å². The zero-order valence-corrected chi connectivity index (χ0v) is 17.5. The first-order valence-electron chi connectivity index (χ1n) is 8.68. The van der Waals surface area contributed by atoms with E-state index in [1.807, 2.05) is 40.7 Å². The van der Waals surface area contributed by atoms with Gasteiger partial charge in [0.25, 0.3) is 5.91 Å². The largest absolute Gasteiger partial charge is 0.345 e. The van der Waals surface area contributed by atoms with E-state index in [2.05, 4.69) is 5.32 Å². The summed E-state index contributed by atoms with van der Waals surface area (Å²) in [5.74, 6) is -0.112. The van der Waals surface area contributed by atoms with E-state index in [-0.39, 0.29) is 16.8 Å². The number of sulfonamides is 1. The molecule has 1 N–H and O–H groups in total. The second-order valence-electron chi connectivity index (χ2n) is 6.18. The highest BCUT2D eigenvalue weighted by atomic mass is 32.2. The summed E-state index contributed by atoms with van der Waals surface area (Å²) in [6.45, 7) is 10.3. The molecule has 26 heavy (non-hydrogen) atoms. The van der Waals surface area contributed by atoms with E-state index in [0.717, 1.165) is 15.3 Å². The van der Waals surface area contributed by atoms with Crippen LogP contribution in [0.25, 0.3) is 0 Å². The predicted molar refractivity (Wildman–Crippen MR) is 106 cm³/mol. The van der Waals surface area contributed by atoms with E-state index < -0.39 is 10.0 Å². The fraction of sp³-hybridized carbons (Fsp3) is 0.421. The first-order valence-corrected chi connectivity index (χ1v) is 10.9. The minimum atomic E-state index is -3.47. The Hall–Kier alpha value is -1.70. The van der Waals surface area contributed by atoms with Gasteiger partial charge in [0.15, 0.2) is 0 Å². The van der Waals surface area contributed by atoms with E-state index in [1.165, 1.54) is 4.31 Å². The van der Waals surface area contributed by atoms with Gasteiger partial charge in [0.2, 0.25) is 10.0 Å². The zero-order chi connectivity index (χ0) is 19.5. The van der Waals surface area contributed by atoms with Crippen molar-refractivity contribution < 1.29 is 13.2 Å². The Morgan fingerprint density at radius 2 is 1.73 bits per heavy atom. The zero-order valence-electron chi connectivity index (χ0n) is 15.9. The van der Waals surface area contributed by atoms with Crippen LogP contribution >= 0.6 is 11.3 Å².